The molecule has 1 heterocycles. The number of para-hydroxylation sites is 2. The van der Waals surface area contributed by atoms with E-state index in [1.54, 1.807) is 6.07 Å². The molecule has 1 N–H and O–H groups in total. The van der Waals surface area contributed by atoms with Crippen molar-refractivity contribution in [1.29, 1.82) is 0 Å². The molecule has 0 atom stereocenters. The Hall–Kier alpha value is -2.17. The van der Waals surface area contributed by atoms with Crippen LogP contribution in [0, 0.1) is 0 Å². The topological polar surface area (TPSA) is 64.0 Å². The summed E-state index contributed by atoms with van der Waals surface area (Å²) in [5.41, 5.74) is 0.830. The van der Waals surface area contributed by atoms with Gasteiger partial charge < -0.3 is 5.32 Å². The molecule has 0 saturated heterocycles. The predicted octanol–water partition coefficient (Wildman–Crippen LogP) is 1.70. The Bertz CT molecular complexity index is 689. The minimum absolute atomic E-state index is 0.00525. The lowest BCUT2D eigenvalue weighted by Crippen LogP contribution is -2.45. The van der Waals surface area contributed by atoms with Gasteiger partial charge in [0.15, 0.2) is 0 Å². The molecule has 0 unspecified atom stereocenters. The smallest absolute Gasteiger partial charge is 0.269 e. The first kappa shape index (κ1) is 14.2. The van der Waals surface area contributed by atoms with Crippen LogP contribution in [0.1, 0.15) is 27.2 Å². The molecule has 0 bridgehead atoms. The number of benzene rings is 1. The number of carbonyl (C=O) groups is 1. The van der Waals surface area contributed by atoms with E-state index in [0.29, 0.717) is 11.0 Å². The van der Waals surface area contributed by atoms with Crippen LogP contribution in [0.5, 0.6) is 0 Å². The molecular weight excluding hydrogens is 254 g/mol. The van der Waals surface area contributed by atoms with E-state index in [2.05, 4.69) is 10.3 Å². The Morgan fingerprint density at radius 3 is 2.75 bits per heavy atom. The van der Waals surface area contributed by atoms with Crippen LogP contribution in [0.2, 0.25) is 0 Å². The number of hydrogen-bond donors (Lipinski definition) is 1. The largest absolute Gasteiger partial charge is 0.350 e. The third kappa shape index (κ3) is 3.04. The fourth-order valence-electron chi connectivity index (χ4n) is 1.93. The number of nitrogens with zero attached hydrogens (tertiary/aromatic N) is 2. The monoisotopic (exact) mass is 273 g/mol. The standard InChI is InChI=1S/C15H19N3O2/c1-4-15(2,3)17-13(19)10-18-12-8-6-5-7-11(12)16-9-14(18)20/h5-9H,4,10H2,1-3H3,(H,17,19). The summed E-state index contributed by atoms with van der Waals surface area (Å²) in [6.45, 7) is 5.93. The highest BCUT2D eigenvalue weighted by Crippen LogP contribution is 2.09. The molecule has 0 aliphatic rings. The lowest BCUT2D eigenvalue weighted by atomic mass is 10.0. The number of amides is 1. The second-order valence-electron chi connectivity index (χ2n) is 5.46. The predicted molar refractivity (Wildman–Crippen MR) is 78.5 cm³/mol. The van der Waals surface area contributed by atoms with Crippen molar-refractivity contribution in [2.75, 3.05) is 0 Å². The van der Waals surface area contributed by atoms with E-state index in [1.165, 1.54) is 10.8 Å². The SMILES string of the molecule is CCC(C)(C)NC(=O)Cn1c(=O)cnc2ccccc21. The zero-order chi connectivity index (χ0) is 14.8. The second kappa shape index (κ2) is 5.45. The van der Waals surface area contributed by atoms with Crippen LogP contribution in [0.3, 0.4) is 0 Å². The van der Waals surface area contributed by atoms with Gasteiger partial charge in [-0.3, -0.25) is 14.2 Å². The molecule has 1 aromatic carbocycles. The Labute approximate surface area is 117 Å². The molecule has 0 aliphatic carbocycles. The van der Waals surface area contributed by atoms with Crippen molar-refractivity contribution in [1.82, 2.24) is 14.9 Å². The zero-order valence-electron chi connectivity index (χ0n) is 12.0. The van der Waals surface area contributed by atoms with E-state index in [-0.39, 0.29) is 23.6 Å². The van der Waals surface area contributed by atoms with Gasteiger partial charge in [-0.2, -0.15) is 0 Å². The molecule has 0 fully saturated rings. The molecule has 1 aromatic heterocycles. The van der Waals surface area contributed by atoms with Crippen molar-refractivity contribution in [2.24, 2.45) is 0 Å². The highest BCUT2D eigenvalue weighted by Gasteiger charge is 2.18. The highest BCUT2D eigenvalue weighted by molar-refractivity contribution is 5.80. The van der Waals surface area contributed by atoms with Crippen LogP contribution in [-0.2, 0) is 11.3 Å². The van der Waals surface area contributed by atoms with E-state index in [0.717, 1.165) is 6.42 Å². The average Bonchev–Trinajstić information content (AvgIpc) is 2.41. The molecule has 5 heteroatoms. The molecule has 0 spiro atoms. The Kier molecular flexibility index (Phi) is 3.88. The normalized spacial score (nSPS) is 11.6. The molecule has 2 rings (SSSR count). The number of fused-ring (bicyclic) bond motifs is 1. The van der Waals surface area contributed by atoms with Gasteiger partial charge in [0.05, 0.1) is 17.2 Å². The van der Waals surface area contributed by atoms with Crippen molar-refractivity contribution < 1.29 is 4.79 Å². The minimum atomic E-state index is -0.274. The Morgan fingerprint density at radius 2 is 2.05 bits per heavy atom. The summed E-state index contributed by atoms with van der Waals surface area (Å²) in [6, 6.07) is 7.29. The summed E-state index contributed by atoms with van der Waals surface area (Å²) >= 11 is 0. The van der Waals surface area contributed by atoms with Gasteiger partial charge in [0, 0.05) is 5.54 Å². The molecule has 20 heavy (non-hydrogen) atoms. The van der Waals surface area contributed by atoms with Gasteiger partial charge in [0.1, 0.15) is 6.54 Å². The first-order valence-electron chi connectivity index (χ1n) is 6.68. The quantitative estimate of drug-likeness (QED) is 0.922. The van der Waals surface area contributed by atoms with Crippen molar-refractivity contribution >= 4 is 16.9 Å². The van der Waals surface area contributed by atoms with Crippen molar-refractivity contribution in [3.05, 3.63) is 40.8 Å². The number of aromatic nitrogens is 2. The third-order valence-corrected chi connectivity index (χ3v) is 3.42. The lowest BCUT2D eigenvalue weighted by Gasteiger charge is -2.24. The lowest BCUT2D eigenvalue weighted by molar-refractivity contribution is -0.123. The first-order valence-corrected chi connectivity index (χ1v) is 6.68. The van der Waals surface area contributed by atoms with Crippen LogP contribution in [0.4, 0.5) is 0 Å². The van der Waals surface area contributed by atoms with Crippen LogP contribution in [0.15, 0.2) is 35.3 Å². The zero-order valence-corrected chi connectivity index (χ0v) is 12.0. The second-order valence-corrected chi connectivity index (χ2v) is 5.46. The van der Waals surface area contributed by atoms with Crippen LogP contribution >= 0.6 is 0 Å². The summed E-state index contributed by atoms with van der Waals surface area (Å²) in [6.07, 6.45) is 2.07. The molecular formula is C15H19N3O2. The number of carbonyl (C=O) groups excluding carboxylic acids is 1. The molecule has 0 radical (unpaired) electrons. The molecule has 0 aliphatic heterocycles. The number of nitrogens with one attached hydrogen (secondary N) is 1. The van der Waals surface area contributed by atoms with Gasteiger partial charge in [-0.25, -0.2) is 4.98 Å². The maximum atomic E-state index is 12.1. The van der Waals surface area contributed by atoms with Crippen molar-refractivity contribution in [3.63, 3.8) is 0 Å². The molecule has 1 amide bonds. The van der Waals surface area contributed by atoms with Crippen molar-refractivity contribution in [3.8, 4) is 0 Å². The molecule has 2 aromatic rings. The van der Waals surface area contributed by atoms with E-state index >= 15 is 0 Å². The third-order valence-electron chi connectivity index (χ3n) is 3.42. The van der Waals surface area contributed by atoms with Crippen LogP contribution in [-0.4, -0.2) is 21.0 Å². The average molecular weight is 273 g/mol. The fourth-order valence-corrected chi connectivity index (χ4v) is 1.93. The number of hydrogen-bond acceptors (Lipinski definition) is 3. The van der Waals surface area contributed by atoms with Gasteiger partial charge in [0.2, 0.25) is 5.91 Å². The summed E-state index contributed by atoms with van der Waals surface area (Å²) < 4.78 is 1.45. The molecule has 0 saturated carbocycles. The van der Waals surface area contributed by atoms with Crippen LogP contribution < -0.4 is 10.9 Å². The Morgan fingerprint density at radius 1 is 1.35 bits per heavy atom. The first-order chi connectivity index (χ1) is 9.43. The van der Waals surface area contributed by atoms with E-state index in [4.69, 9.17) is 0 Å². The van der Waals surface area contributed by atoms with Gasteiger partial charge >= 0.3 is 0 Å². The van der Waals surface area contributed by atoms with Gasteiger partial charge in [-0.05, 0) is 32.4 Å². The summed E-state index contributed by atoms with van der Waals surface area (Å²) in [5.74, 6) is -0.171. The molecule has 106 valence electrons. The Balaban J connectivity index is 2.32. The van der Waals surface area contributed by atoms with Gasteiger partial charge in [-0.15, -0.1) is 0 Å². The van der Waals surface area contributed by atoms with Gasteiger partial charge in [-0.1, -0.05) is 19.1 Å². The minimum Gasteiger partial charge on any atom is -0.350 e. The maximum Gasteiger partial charge on any atom is 0.269 e. The fraction of sp³-hybridized carbons (Fsp3) is 0.400. The highest BCUT2D eigenvalue weighted by atomic mass is 16.2. The maximum absolute atomic E-state index is 12.1. The summed E-state index contributed by atoms with van der Waals surface area (Å²) in [5, 5.41) is 2.93. The van der Waals surface area contributed by atoms with Gasteiger partial charge in [0.25, 0.3) is 5.56 Å². The summed E-state index contributed by atoms with van der Waals surface area (Å²) in [4.78, 5) is 28.1. The van der Waals surface area contributed by atoms with Crippen molar-refractivity contribution in [2.45, 2.75) is 39.3 Å². The van der Waals surface area contributed by atoms with E-state index in [9.17, 15) is 9.59 Å². The van der Waals surface area contributed by atoms with E-state index < -0.39 is 0 Å². The van der Waals surface area contributed by atoms with E-state index in [1.807, 2.05) is 39.0 Å². The number of rotatable bonds is 4. The summed E-state index contributed by atoms with van der Waals surface area (Å²) in [7, 11) is 0. The van der Waals surface area contributed by atoms with Crippen LogP contribution in [0.25, 0.3) is 11.0 Å². The molecule has 5 nitrogen and oxygen atoms in total.